The quantitative estimate of drug-likeness (QED) is 0.683. The Balaban J connectivity index is 1.51. The van der Waals surface area contributed by atoms with Crippen LogP contribution in [0.2, 0.25) is 0 Å². The summed E-state index contributed by atoms with van der Waals surface area (Å²) in [5.74, 6) is 1.51. The van der Waals surface area contributed by atoms with Gasteiger partial charge >= 0.3 is 6.09 Å². The number of nitrogens with one attached hydrogen (secondary N) is 1. The SMILES string of the molecule is CC(C)(C)OC(=O)N1Cc2nc(-c3cn[nH]c3)nc(N3CCc4ccccc4C3)c2C1. The van der Waals surface area contributed by atoms with Crippen molar-refractivity contribution in [1.29, 1.82) is 0 Å². The van der Waals surface area contributed by atoms with E-state index in [0.717, 1.165) is 42.1 Å². The van der Waals surface area contributed by atoms with Gasteiger partial charge in [-0.05, 0) is 38.3 Å². The van der Waals surface area contributed by atoms with Crippen LogP contribution in [0.15, 0.2) is 36.7 Å². The van der Waals surface area contributed by atoms with E-state index in [0.29, 0.717) is 18.9 Å². The molecule has 2 aliphatic heterocycles. The third-order valence-corrected chi connectivity index (χ3v) is 5.60. The Morgan fingerprint density at radius 3 is 2.65 bits per heavy atom. The van der Waals surface area contributed by atoms with Gasteiger partial charge in [0.25, 0.3) is 0 Å². The lowest BCUT2D eigenvalue weighted by Crippen LogP contribution is -2.34. The van der Waals surface area contributed by atoms with Gasteiger partial charge in [0.05, 0.1) is 30.5 Å². The van der Waals surface area contributed by atoms with Crippen molar-refractivity contribution in [3.8, 4) is 11.4 Å². The number of aromatic nitrogens is 4. The maximum absolute atomic E-state index is 12.7. The van der Waals surface area contributed by atoms with Crippen molar-refractivity contribution in [2.75, 3.05) is 11.4 Å². The highest BCUT2D eigenvalue weighted by Crippen LogP contribution is 2.34. The van der Waals surface area contributed by atoms with Crippen LogP contribution in [-0.4, -0.2) is 43.3 Å². The molecule has 0 saturated carbocycles. The number of rotatable bonds is 2. The maximum atomic E-state index is 12.7. The second-order valence-electron chi connectivity index (χ2n) is 9.06. The van der Waals surface area contributed by atoms with Crippen LogP contribution < -0.4 is 4.90 Å². The summed E-state index contributed by atoms with van der Waals surface area (Å²) in [4.78, 5) is 26.4. The molecule has 8 heteroatoms. The van der Waals surface area contributed by atoms with Gasteiger partial charge in [-0.25, -0.2) is 14.8 Å². The number of carbonyl (C=O) groups excluding carboxylic acids is 1. The molecular formula is C23H26N6O2. The van der Waals surface area contributed by atoms with Crippen molar-refractivity contribution in [3.05, 3.63) is 59.0 Å². The van der Waals surface area contributed by atoms with Crippen molar-refractivity contribution in [1.82, 2.24) is 25.1 Å². The lowest BCUT2D eigenvalue weighted by molar-refractivity contribution is 0.0241. The highest BCUT2D eigenvalue weighted by Gasteiger charge is 2.33. The zero-order valence-corrected chi connectivity index (χ0v) is 18.1. The van der Waals surface area contributed by atoms with E-state index in [2.05, 4.69) is 39.4 Å². The molecule has 0 unspecified atom stereocenters. The predicted octanol–water partition coefficient (Wildman–Crippen LogP) is 3.68. The zero-order valence-electron chi connectivity index (χ0n) is 18.1. The standard InChI is InChI=1S/C23H26N6O2/c1-23(2,3)31-22(30)29-13-18-19(14-29)26-20(17-10-24-25-11-17)27-21(18)28-9-8-15-6-4-5-7-16(15)12-28/h4-7,10-11H,8-9,12-14H2,1-3H3,(H,24,25). The van der Waals surface area contributed by atoms with Crippen LogP contribution in [0.4, 0.5) is 10.6 Å². The molecule has 2 aliphatic rings. The lowest BCUT2D eigenvalue weighted by Gasteiger charge is -2.31. The molecule has 4 heterocycles. The topological polar surface area (TPSA) is 87.2 Å². The van der Waals surface area contributed by atoms with E-state index in [-0.39, 0.29) is 6.09 Å². The van der Waals surface area contributed by atoms with Gasteiger partial charge < -0.3 is 9.64 Å². The smallest absolute Gasteiger partial charge is 0.410 e. The van der Waals surface area contributed by atoms with Gasteiger partial charge in [0.2, 0.25) is 0 Å². The van der Waals surface area contributed by atoms with Crippen molar-refractivity contribution >= 4 is 11.9 Å². The summed E-state index contributed by atoms with van der Waals surface area (Å²) in [5.41, 5.74) is 4.85. The molecule has 0 saturated heterocycles. The molecule has 1 N–H and O–H groups in total. The Kier molecular flexibility index (Phi) is 4.64. The number of hydrogen-bond donors (Lipinski definition) is 1. The fourth-order valence-corrected chi connectivity index (χ4v) is 4.13. The number of fused-ring (bicyclic) bond motifs is 2. The first-order valence-electron chi connectivity index (χ1n) is 10.6. The van der Waals surface area contributed by atoms with Crippen molar-refractivity contribution in [3.63, 3.8) is 0 Å². The molecule has 31 heavy (non-hydrogen) atoms. The first-order chi connectivity index (χ1) is 14.9. The molecule has 160 valence electrons. The van der Waals surface area contributed by atoms with Gasteiger partial charge in [0, 0.05) is 24.8 Å². The van der Waals surface area contributed by atoms with E-state index in [1.54, 1.807) is 17.3 Å². The molecule has 0 atom stereocenters. The summed E-state index contributed by atoms with van der Waals surface area (Å²) in [6.45, 7) is 8.15. The zero-order chi connectivity index (χ0) is 21.6. The first-order valence-corrected chi connectivity index (χ1v) is 10.6. The summed E-state index contributed by atoms with van der Waals surface area (Å²) in [6.07, 6.45) is 4.14. The number of H-pyrrole nitrogens is 1. The van der Waals surface area contributed by atoms with Crippen LogP contribution in [0.25, 0.3) is 11.4 Å². The highest BCUT2D eigenvalue weighted by atomic mass is 16.6. The van der Waals surface area contributed by atoms with E-state index in [1.807, 2.05) is 20.8 Å². The summed E-state index contributed by atoms with van der Waals surface area (Å²) in [6, 6.07) is 8.53. The fourth-order valence-electron chi connectivity index (χ4n) is 4.13. The Morgan fingerprint density at radius 2 is 1.90 bits per heavy atom. The second-order valence-corrected chi connectivity index (χ2v) is 9.06. The second kappa shape index (κ2) is 7.37. The number of amides is 1. The summed E-state index contributed by atoms with van der Waals surface area (Å²) in [5, 5.41) is 6.88. The number of nitrogens with zero attached hydrogens (tertiary/aromatic N) is 5. The maximum Gasteiger partial charge on any atom is 0.410 e. The van der Waals surface area contributed by atoms with Crippen molar-refractivity contribution in [2.45, 2.75) is 52.4 Å². The number of ether oxygens (including phenoxy) is 1. The minimum Gasteiger partial charge on any atom is -0.444 e. The molecule has 0 radical (unpaired) electrons. The third kappa shape index (κ3) is 3.85. The molecule has 2 aromatic heterocycles. The normalized spacial score (nSPS) is 15.6. The van der Waals surface area contributed by atoms with Crippen molar-refractivity contribution in [2.24, 2.45) is 0 Å². The predicted molar refractivity (Wildman–Crippen MR) is 116 cm³/mol. The van der Waals surface area contributed by atoms with E-state index in [9.17, 15) is 4.79 Å². The Labute approximate surface area is 181 Å². The molecule has 5 rings (SSSR count). The van der Waals surface area contributed by atoms with Crippen LogP contribution in [-0.2, 0) is 30.8 Å². The molecule has 0 aliphatic carbocycles. The molecule has 8 nitrogen and oxygen atoms in total. The minimum atomic E-state index is -0.543. The Hall–Kier alpha value is -3.42. The van der Waals surface area contributed by atoms with Crippen LogP contribution >= 0.6 is 0 Å². The molecular weight excluding hydrogens is 392 g/mol. The lowest BCUT2D eigenvalue weighted by atomic mass is 9.99. The van der Waals surface area contributed by atoms with Crippen molar-refractivity contribution < 1.29 is 9.53 Å². The van der Waals surface area contributed by atoms with E-state index in [1.165, 1.54) is 11.1 Å². The third-order valence-electron chi connectivity index (χ3n) is 5.60. The molecule has 1 aromatic carbocycles. The van der Waals surface area contributed by atoms with Crippen LogP contribution in [0, 0.1) is 0 Å². The van der Waals surface area contributed by atoms with Gasteiger partial charge in [-0.2, -0.15) is 5.10 Å². The monoisotopic (exact) mass is 418 g/mol. The van der Waals surface area contributed by atoms with Gasteiger partial charge in [0.1, 0.15) is 11.4 Å². The summed E-state index contributed by atoms with van der Waals surface area (Å²) >= 11 is 0. The van der Waals surface area contributed by atoms with Gasteiger partial charge in [0.15, 0.2) is 5.82 Å². The van der Waals surface area contributed by atoms with Gasteiger partial charge in [-0.1, -0.05) is 24.3 Å². The van der Waals surface area contributed by atoms with Gasteiger partial charge in [-0.3, -0.25) is 10.00 Å². The molecule has 3 aromatic rings. The first kappa shape index (κ1) is 19.5. The van der Waals surface area contributed by atoms with E-state index >= 15 is 0 Å². The molecule has 0 bridgehead atoms. The number of anilines is 1. The highest BCUT2D eigenvalue weighted by molar-refractivity contribution is 5.71. The number of carbonyl (C=O) groups is 1. The van der Waals surface area contributed by atoms with E-state index < -0.39 is 5.60 Å². The molecule has 0 fully saturated rings. The number of benzene rings is 1. The summed E-state index contributed by atoms with van der Waals surface area (Å²) in [7, 11) is 0. The largest absolute Gasteiger partial charge is 0.444 e. The number of aromatic amines is 1. The van der Waals surface area contributed by atoms with Gasteiger partial charge in [-0.15, -0.1) is 0 Å². The average Bonchev–Trinajstić information content (AvgIpc) is 3.41. The molecule has 1 amide bonds. The van der Waals surface area contributed by atoms with Crippen LogP contribution in [0.3, 0.4) is 0 Å². The van der Waals surface area contributed by atoms with Crippen LogP contribution in [0.5, 0.6) is 0 Å². The summed E-state index contributed by atoms with van der Waals surface area (Å²) < 4.78 is 5.60. The molecule has 0 spiro atoms. The van der Waals surface area contributed by atoms with E-state index in [4.69, 9.17) is 14.7 Å². The Bertz CT molecular complexity index is 1120. The minimum absolute atomic E-state index is 0.328. The van der Waals surface area contributed by atoms with Crippen LogP contribution in [0.1, 0.15) is 43.2 Å². The fraction of sp³-hybridized carbons (Fsp3) is 0.391. The average molecular weight is 419 g/mol. The number of hydrogen-bond acceptors (Lipinski definition) is 6. The Morgan fingerprint density at radius 1 is 1.10 bits per heavy atom.